The molecule has 0 bridgehead atoms. The Morgan fingerprint density at radius 3 is 2.21 bits per heavy atom. The Morgan fingerprint density at radius 1 is 0.879 bits per heavy atom. The molecular weight excluding hydrogens is 436 g/mol. The largest absolute Gasteiger partial charge is 0.351 e. The van der Waals surface area contributed by atoms with Crippen LogP contribution in [-0.4, -0.2) is 16.9 Å². The van der Waals surface area contributed by atoms with Crippen molar-refractivity contribution in [2.75, 3.05) is 5.32 Å². The SMILES string of the molecule is CCC(CC)(C(=O)NCc1cccc(NC(=O)NCc2ccncc2)c1)c1ccc(Cl)cc1. The second-order valence-corrected chi connectivity index (χ2v) is 8.28. The van der Waals surface area contributed by atoms with E-state index < -0.39 is 5.41 Å². The number of aromatic nitrogens is 1. The Labute approximate surface area is 199 Å². The molecule has 0 fully saturated rings. The number of nitrogens with zero attached hydrogens (tertiary/aromatic N) is 1. The van der Waals surface area contributed by atoms with Crippen molar-refractivity contribution in [1.82, 2.24) is 15.6 Å². The van der Waals surface area contributed by atoms with Gasteiger partial charge >= 0.3 is 6.03 Å². The van der Waals surface area contributed by atoms with Gasteiger partial charge < -0.3 is 16.0 Å². The molecule has 0 saturated heterocycles. The van der Waals surface area contributed by atoms with E-state index in [0.29, 0.717) is 36.6 Å². The van der Waals surface area contributed by atoms with E-state index in [1.165, 1.54) is 0 Å². The maximum Gasteiger partial charge on any atom is 0.319 e. The predicted molar refractivity (Wildman–Crippen MR) is 132 cm³/mol. The van der Waals surface area contributed by atoms with Crippen molar-refractivity contribution < 1.29 is 9.59 Å². The molecule has 1 heterocycles. The first-order valence-electron chi connectivity index (χ1n) is 11.0. The summed E-state index contributed by atoms with van der Waals surface area (Å²) in [5.74, 6) is -0.0247. The minimum absolute atomic E-state index is 0.0247. The highest BCUT2D eigenvalue weighted by atomic mass is 35.5. The Hall–Kier alpha value is -3.38. The van der Waals surface area contributed by atoms with Crippen molar-refractivity contribution in [2.24, 2.45) is 0 Å². The van der Waals surface area contributed by atoms with Crippen molar-refractivity contribution in [1.29, 1.82) is 0 Å². The molecule has 172 valence electrons. The fraction of sp³-hybridized carbons (Fsp3) is 0.269. The standard InChI is InChI=1S/C26H29ClN4O2/c1-3-26(4-2,21-8-10-22(27)11-9-21)24(32)29-18-20-6-5-7-23(16-20)31-25(33)30-17-19-12-14-28-15-13-19/h5-16H,3-4,17-18H2,1-2H3,(H,29,32)(H2,30,31,33). The number of nitrogens with one attached hydrogen (secondary N) is 3. The second kappa shape index (κ2) is 11.5. The van der Waals surface area contributed by atoms with Gasteiger partial charge in [-0.2, -0.15) is 0 Å². The third-order valence-electron chi connectivity index (χ3n) is 5.88. The average Bonchev–Trinajstić information content (AvgIpc) is 2.84. The van der Waals surface area contributed by atoms with Gasteiger partial charge in [0.2, 0.25) is 5.91 Å². The smallest absolute Gasteiger partial charge is 0.319 e. The number of halogens is 1. The zero-order valence-electron chi connectivity index (χ0n) is 18.9. The summed E-state index contributed by atoms with van der Waals surface area (Å²) in [6.45, 7) is 4.81. The molecule has 0 aliphatic carbocycles. The second-order valence-electron chi connectivity index (χ2n) is 7.84. The summed E-state index contributed by atoms with van der Waals surface area (Å²) in [5.41, 5.74) is 2.85. The summed E-state index contributed by atoms with van der Waals surface area (Å²) in [6.07, 6.45) is 4.73. The van der Waals surface area contributed by atoms with Gasteiger partial charge in [-0.1, -0.05) is 49.7 Å². The third-order valence-corrected chi connectivity index (χ3v) is 6.13. The van der Waals surface area contributed by atoms with Crippen LogP contribution in [0.5, 0.6) is 0 Å². The van der Waals surface area contributed by atoms with Crippen LogP contribution in [0.1, 0.15) is 43.4 Å². The van der Waals surface area contributed by atoms with E-state index in [0.717, 1.165) is 16.7 Å². The molecular formula is C26H29ClN4O2. The number of benzene rings is 2. The molecule has 2 aromatic carbocycles. The summed E-state index contributed by atoms with van der Waals surface area (Å²) in [6, 6.07) is 18.3. The number of hydrogen-bond acceptors (Lipinski definition) is 3. The first-order chi connectivity index (χ1) is 16.0. The molecule has 0 spiro atoms. The lowest BCUT2D eigenvalue weighted by Gasteiger charge is -2.31. The van der Waals surface area contributed by atoms with E-state index in [4.69, 9.17) is 11.6 Å². The number of amides is 3. The molecule has 0 aliphatic rings. The first kappa shape index (κ1) is 24.3. The van der Waals surface area contributed by atoms with Crippen molar-refractivity contribution in [3.8, 4) is 0 Å². The van der Waals surface area contributed by atoms with Gasteiger partial charge in [0.25, 0.3) is 0 Å². The Bertz CT molecular complexity index is 1070. The van der Waals surface area contributed by atoms with Crippen molar-refractivity contribution >= 4 is 29.2 Å². The number of pyridine rings is 1. The highest BCUT2D eigenvalue weighted by Gasteiger charge is 2.36. The molecule has 7 heteroatoms. The molecule has 0 radical (unpaired) electrons. The monoisotopic (exact) mass is 464 g/mol. The molecule has 3 aromatic rings. The van der Waals surface area contributed by atoms with Crippen molar-refractivity contribution in [2.45, 2.75) is 45.2 Å². The van der Waals surface area contributed by atoms with E-state index in [9.17, 15) is 9.59 Å². The molecule has 0 aliphatic heterocycles. The lowest BCUT2D eigenvalue weighted by Crippen LogP contribution is -2.43. The molecule has 0 unspecified atom stereocenters. The van der Waals surface area contributed by atoms with E-state index in [-0.39, 0.29) is 11.9 Å². The van der Waals surface area contributed by atoms with Gasteiger partial charge in [0.05, 0.1) is 5.41 Å². The van der Waals surface area contributed by atoms with Gasteiger partial charge in [0.1, 0.15) is 0 Å². The van der Waals surface area contributed by atoms with Crippen LogP contribution in [0.15, 0.2) is 73.1 Å². The molecule has 3 N–H and O–H groups in total. The summed E-state index contributed by atoms with van der Waals surface area (Å²) < 4.78 is 0. The van der Waals surface area contributed by atoms with Crippen LogP contribution in [0.25, 0.3) is 0 Å². The van der Waals surface area contributed by atoms with Gasteiger partial charge in [0, 0.05) is 36.2 Å². The fourth-order valence-electron chi connectivity index (χ4n) is 3.85. The van der Waals surface area contributed by atoms with Crippen LogP contribution in [0.4, 0.5) is 10.5 Å². The van der Waals surface area contributed by atoms with Crippen LogP contribution < -0.4 is 16.0 Å². The van der Waals surface area contributed by atoms with Crippen LogP contribution >= 0.6 is 11.6 Å². The maximum atomic E-state index is 13.2. The topological polar surface area (TPSA) is 83.1 Å². The molecule has 1 aromatic heterocycles. The maximum absolute atomic E-state index is 13.2. The summed E-state index contributed by atoms with van der Waals surface area (Å²) in [4.78, 5) is 29.4. The first-order valence-corrected chi connectivity index (χ1v) is 11.4. The highest BCUT2D eigenvalue weighted by Crippen LogP contribution is 2.33. The van der Waals surface area contributed by atoms with Gasteiger partial charge in [-0.3, -0.25) is 9.78 Å². The van der Waals surface area contributed by atoms with Crippen LogP contribution in [0, 0.1) is 0 Å². The Kier molecular flexibility index (Phi) is 8.44. The normalized spacial score (nSPS) is 11.0. The van der Waals surface area contributed by atoms with Crippen molar-refractivity contribution in [3.63, 3.8) is 0 Å². The third kappa shape index (κ3) is 6.33. The Balaban J connectivity index is 1.60. The quantitative estimate of drug-likeness (QED) is 0.394. The molecule has 3 rings (SSSR count). The van der Waals surface area contributed by atoms with E-state index in [1.807, 2.05) is 74.5 Å². The zero-order chi connectivity index (χ0) is 23.7. The van der Waals surface area contributed by atoms with Gasteiger partial charge in [-0.25, -0.2) is 4.79 Å². The molecule has 33 heavy (non-hydrogen) atoms. The van der Waals surface area contributed by atoms with Crippen LogP contribution in [0.2, 0.25) is 5.02 Å². The van der Waals surface area contributed by atoms with Gasteiger partial charge in [0.15, 0.2) is 0 Å². The van der Waals surface area contributed by atoms with E-state index in [2.05, 4.69) is 20.9 Å². The number of urea groups is 1. The number of carbonyl (C=O) groups is 2. The lowest BCUT2D eigenvalue weighted by atomic mass is 9.75. The lowest BCUT2D eigenvalue weighted by molar-refractivity contribution is -0.127. The molecule has 0 saturated carbocycles. The summed E-state index contributed by atoms with van der Waals surface area (Å²) >= 11 is 6.03. The van der Waals surface area contributed by atoms with Crippen molar-refractivity contribution in [3.05, 3.63) is 94.8 Å². The predicted octanol–water partition coefficient (Wildman–Crippen LogP) is 5.43. The minimum atomic E-state index is -0.618. The van der Waals surface area contributed by atoms with Crippen LogP contribution in [0.3, 0.4) is 0 Å². The number of rotatable bonds is 9. The van der Waals surface area contributed by atoms with E-state index >= 15 is 0 Å². The summed E-state index contributed by atoms with van der Waals surface area (Å²) in [5, 5.41) is 9.37. The van der Waals surface area contributed by atoms with Gasteiger partial charge in [-0.15, -0.1) is 0 Å². The Morgan fingerprint density at radius 2 is 1.55 bits per heavy atom. The average molecular weight is 465 g/mol. The zero-order valence-corrected chi connectivity index (χ0v) is 19.7. The number of carbonyl (C=O) groups excluding carboxylic acids is 2. The van der Waals surface area contributed by atoms with Crippen LogP contribution in [-0.2, 0) is 23.3 Å². The number of hydrogen-bond donors (Lipinski definition) is 3. The van der Waals surface area contributed by atoms with Gasteiger partial charge in [-0.05, 0) is 65.9 Å². The molecule has 0 atom stereocenters. The molecule has 6 nitrogen and oxygen atoms in total. The minimum Gasteiger partial charge on any atom is -0.351 e. The highest BCUT2D eigenvalue weighted by molar-refractivity contribution is 6.30. The fourth-order valence-corrected chi connectivity index (χ4v) is 3.97. The summed E-state index contributed by atoms with van der Waals surface area (Å²) in [7, 11) is 0. The molecule has 3 amide bonds. The number of anilines is 1. The van der Waals surface area contributed by atoms with E-state index in [1.54, 1.807) is 12.4 Å².